The molecule has 0 saturated carbocycles. The van der Waals surface area contributed by atoms with Gasteiger partial charge in [0.05, 0.1) is 6.54 Å². The number of carbonyl (C=O) groups excluding carboxylic acids is 1. The summed E-state index contributed by atoms with van der Waals surface area (Å²) in [6.45, 7) is 7.91. The predicted octanol–water partition coefficient (Wildman–Crippen LogP) is 4.48. The Morgan fingerprint density at radius 2 is 1.85 bits per heavy atom. The number of likely N-dealkylation sites (N-methyl/N-ethyl adjacent to an activating group) is 1. The van der Waals surface area contributed by atoms with Gasteiger partial charge in [-0.3, -0.25) is 9.69 Å². The van der Waals surface area contributed by atoms with Crippen molar-refractivity contribution in [1.82, 2.24) is 4.90 Å². The number of nitrogens with one attached hydrogen (secondary N) is 1. The van der Waals surface area contributed by atoms with Gasteiger partial charge in [-0.05, 0) is 76.1 Å². The molecule has 0 aromatic heterocycles. The van der Waals surface area contributed by atoms with E-state index in [4.69, 9.17) is 0 Å². The SMILES string of the molecule is CCN(c1ccc(NC(=O)CN(C)C2CCc3ccccc32)cc1)C(C)C. The number of hydrogen-bond acceptors (Lipinski definition) is 3. The lowest BCUT2D eigenvalue weighted by molar-refractivity contribution is -0.117. The first-order valence-corrected chi connectivity index (χ1v) is 9.94. The van der Waals surface area contributed by atoms with Crippen molar-refractivity contribution in [1.29, 1.82) is 0 Å². The molecule has 1 atom stereocenters. The highest BCUT2D eigenvalue weighted by Crippen LogP contribution is 2.34. The molecule has 0 heterocycles. The number of aryl methyl sites for hydroxylation is 1. The van der Waals surface area contributed by atoms with Gasteiger partial charge in [0.1, 0.15) is 0 Å². The molecule has 2 aromatic rings. The number of amides is 1. The normalized spacial score (nSPS) is 15.9. The Morgan fingerprint density at radius 3 is 2.52 bits per heavy atom. The largest absolute Gasteiger partial charge is 0.369 e. The van der Waals surface area contributed by atoms with Gasteiger partial charge in [0.2, 0.25) is 5.91 Å². The fourth-order valence-electron chi connectivity index (χ4n) is 4.11. The summed E-state index contributed by atoms with van der Waals surface area (Å²) in [7, 11) is 2.04. The molecule has 0 aliphatic heterocycles. The molecule has 27 heavy (non-hydrogen) atoms. The Hall–Kier alpha value is -2.33. The maximum absolute atomic E-state index is 12.5. The minimum Gasteiger partial charge on any atom is -0.369 e. The molecule has 0 bridgehead atoms. The van der Waals surface area contributed by atoms with Crippen molar-refractivity contribution in [3.05, 3.63) is 59.7 Å². The van der Waals surface area contributed by atoms with E-state index in [1.165, 1.54) is 16.8 Å². The minimum absolute atomic E-state index is 0.0332. The summed E-state index contributed by atoms with van der Waals surface area (Å²) in [5.74, 6) is 0.0332. The molecule has 144 valence electrons. The molecule has 0 fully saturated rings. The molecular formula is C23H31N3O. The number of benzene rings is 2. The highest BCUT2D eigenvalue weighted by Gasteiger charge is 2.26. The maximum Gasteiger partial charge on any atom is 0.238 e. The Kier molecular flexibility index (Phi) is 6.17. The van der Waals surface area contributed by atoms with E-state index in [0.29, 0.717) is 18.6 Å². The molecule has 3 rings (SSSR count). The van der Waals surface area contributed by atoms with E-state index in [1.54, 1.807) is 0 Å². The molecule has 4 heteroatoms. The number of hydrogen-bond donors (Lipinski definition) is 1. The van der Waals surface area contributed by atoms with E-state index in [1.807, 2.05) is 19.2 Å². The van der Waals surface area contributed by atoms with E-state index in [9.17, 15) is 4.79 Å². The number of nitrogens with zero attached hydrogens (tertiary/aromatic N) is 2. The Labute approximate surface area is 163 Å². The summed E-state index contributed by atoms with van der Waals surface area (Å²) >= 11 is 0. The van der Waals surface area contributed by atoms with Gasteiger partial charge in [-0.15, -0.1) is 0 Å². The molecule has 1 aliphatic carbocycles. The van der Waals surface area contributed by atoms with Gasteiger partial charge in [-0.2, -0.15) is 0 Å². The third kappa shape index (κ3) is 4.51. The molecule has 4 nitrogen and oxygen atoms in total. The van der Waals surface area contributed by atoms with Crippen LogP contribution < -0.4 is 10.2 Å². The minimum atomic E-state index is 0.0332. The van der Waals surface area contributed by atoms with Crippen LogP contribution in [-0.4, -0.2) is 37.0 Å². The summed E-state index contributed by atoms with van der Waals surface area (Å²) in [6.07, 6.45) is 2.18. The van der Waals surface area contributed by atoms with Crippen molar-refractivity contribution < 1.29 is 4.79 Å². The number of carbonyl (C=O) groups is 1. The van der Waals surface area contributed by atoms with Crippen LogP contribution >= 0.6 is 0 Å². The highest BCUT2D eigenvalue weighted by atomic mass is 16.2. The van der Waals surface area contributed by atoms with Gasteiger partial charge >= 0.3 is 0 Å². The topological polar surface area (TPSA) is 35.6 Å². The molecule has 2 aromatic carbocycles. The van der Waals surface area contributed by atoms with Gasteiger partial charge in [0.15, 0.2) is 0 Å². The lowest BCUT2D eigenvalue weighted by Gasteiger charge is -2.27. The van der Waals surface area contributed by atoms with Crippen molar-refractivity contribution in [3.63, 3.8) is 0 Å². The van der Waals surface area contributed by atoms with Crippen molar-refractivity contribution in [2.45, 2.75) is 45.7 Å². The first kappa shape index (κ1) is 19.4. The van der Waals surface area contributed by atoms with E-state index in [-0.39, 0.29) is 5.91 Å². The van der Waals surface area contributed by atoms with Crippen LogP contribution in [-0.2, 0) is 11.2 Å². The van der Waals surface area contributed by atoms with Crippen molar-refractivity contribution in [3.8, 4) is 0 Å². The fraction of sp³-hybridized carbons (Fsp3) is 0.435. The number of anilines is 2. The van der Waals surface area contributed by atoms with Crippen LogP contribution in [0.5, 0.6) is 0 Å². The fourth-order valence-corrected chi connectivity index (χ4v) is 4.11. The van der Waals surface area contributed by atoms with Gasteiger partial charge in [-0.1, -0.05) is 24.3 Å². The van der Waals surface area contributed by atoms with Crippen molar-refractivity contribution in [2.24, 2.45) is 0 Å². The van der Waals surface area contributed by atoms with Gasteiger partial charge in [-0.25, -0.2) is 0 Å². The number of fused-ring (bicyclic) bond motifs is 1. The smallest absolute Gasteiger partial charge is 0.238 e. The lowest BCUT2D eigenvalue weighted by atomic mass is 10.1. The third-order valence-electron chi connectivity index (χ3n) is 5.47. The monoisotopic (exact) mass is 365 g/mol. The quantitative estimate of drug-likeness (QED) is 0.786. The Bertz CT molecular complexity index is 769. The summed E-state index contributed by atoms with van der Waals surface area (Å²) in [5.41, 5.74) is 4.82. The zero-order chi connectivity index (χ0) is 19.4. The van der Waals surface area contributed by atoms with Crippen LogP contribution in [0.3, 0.4) is 0 Å². The molecular weight excluding hydrogens is 334 g/mol. The summed E-state index contributed by atoms with van der Waals surface area (Å²) in [5, 5.41) is 3.03. The summed E-state index contributed by atoms with van der Waals surface area (Å²) in [6, 6.07) is 17.5. The second-order valence-corrected chi connectivity index (χ2v) is 7.64. The molecule has 0 spiro atoms. The van der Waals surface area contributed by atoms with Crippen LogP contribution in [0.25, 0.3) is 0 Å². The van der Waals surface area contributed by atoms with Crippen molar-refractivity contribution >= 4 is 17.3 Å². The van der Waals surface area contributed by atoms with E-state index in [2.05, 4.69) is 72.3 Å². The van der Waals surface area contributed by atoms with E-state index in [0.717, 1.165) is 25.1 Å². The Balaban J connectivity index is 1.58. The van der Waals surface area contributed by atoms with Crippen LogP contribution in [0, 0.1) is 0 Å². The molecule has 1 N–H and O–H groups in total. The number of rotatable bonds is 7. The zero-order valence-corrected chi connectivity index (χ0v) is 16.9. The van der Waals surface area contributed by atoms with E-state index >= 15 is 0 Å². The molecule has 0 radical (unpaired) electrons. The second kappa shape index (κ2) is 8.57. The molecule has 0 saturated heterocycles. The molecule has 1 unspecified atom stereocenters. The average Bonchev–Trinajstić information content (AvgIpc) is 3.07. The van der Waals surface area contributed by atoms with Crippen LogP contribution in [0.4, 0.5) is 11.4 Å². The van der Waals surface area contributed by atoms with Crippen LogP contribution in [0.1, 0.15) is 44.4 Å². The summed E-state index contributed by atoms with van der Waals surface area (Å²) < 4.78 is 0. The predicted molar refractivity (Wildman–Crippen MR) is 113 cm³/mol. The maximum atomic E-state index is 12.5. The lowest BCUT2D eigenvalue weighted by Crippen LogP contribution is -2.32. The van der Waals surface area contributed by atoms with Gasteiger partial charge in [0, 0.05) is 30.0 Å². The highest BCUT2D eigenvalue weighted by molar-refractivity contribution is 5.92. The van der Waals surface area contributed by atoms with Crippen LogP contribution in [0.15, 0.2) is 48.5 Å². The third-order valence-corrected chi connectivity index (χ3v) is 5.47. The molecule has 1 aliphatic rings. The summed E-state index contributed by atoms with van der Waals surface area (Å²) in [4.78, 5) is 17.0. The van der Waals surface area contributed by atoms with Crippen LogP contribution in [0.2, 0.25) is 0 Å². The second-order valence-electron chi connectivity index (χ2n) is 7.64. The molecule has 1 amide bonds. The Morgan fingerprint density at radius 1 is 1.15 bits per heavy atom. The standard InChI is InChI=1S/C23H31N3O/c1-5-26(17(2)3)20-13-11-19(12-14-20)24-23(27)16-25(4)22-15-10-18-8-6-7-9-21(18)22/h6-9,11-14,17,22H,5,10,15-16H2,1-4H3,(H,24,27). The first-order valence-electron chi connectivity index (χ1n) is 9.94. The first-order chi connectivity index (χ1) is 13.0. The average molecular weight is 366 g/mol. The van der Waals surface area contributed by atoms with Gasteiger partial charge in [0.25, 0.3) is 0 Å². The zero-order valence-electron chi connectivity index (χ0n) is 16.9. The van der Waals surface area contributed by atoms with Crippen molar-refractivity contribution in [2.75, 3.05) is 30.4 Å². The van der Waals surface area contributed by atoms with E-state index < -0.39 is 0 Å². The van der Waals surface area contributed by atoms with Gasteiger partial charge < -0.3 is 10.2 Å².